The van der Waals surface area contributed by atoms with Crippen LogP contribution in [0.3, 0.4) is 0 Å². The van der Waals surface area contributed by atoms with Crippen molar-refractivity contribution in [3.63, 3.8) is 0 Å². The maximum atomic E-state index is 5.38. The molecule has 1 rings (SSSR count). The monoisotopic (exact) mass is 202 g/mol. The fourth-order valence-corrected chi connectivity index (χ4v) is 1.03. The summed E-state index contributed by atoms with van der Waals surface area (Å²) in [5.74, 6) is 1.42. The molecule has 9 heavy (non-hydrogen) atoms. The van der Waals surface area contributed by atoms with Crippen LogP contribution >= 0.6 is 0 Å². The molecule has 0 N–H and O–H groups in total. The van der Waals surface area contributed by atoms with Crippen LogP contribution < -0.4 is 0 Å². The average Bonchev–Trinajstić information content (AvgIpc) is 2.12. The molecule has 1 saturated heterocycles. The van der Waals surface area contributed by atoms with Gasteiger partial charge in [-0.05, 0) is 6.42 Å². The Morgan fingerprint density at radius 2 is 2.11 bits per heavy atom. The Kier molecular flexibility index (Phi) is 5.38. The first-order chi connectivity index (χ1) is 3.80. The average molecular weight is 202 g/mol. The summed E-state index contributed by atoms with van der Waals surface area (Å²) in [6, 6.07) is 0. The van der Waals surface area contributed by atoms with Crippen molar-refractivity contribution in [1.82, 2.24) is 0 Å². The molecule has 1 heterocycles. The second kappa shape index (κ2) is 4.81. The van der Waals surface area contributed by atoms with E-state index in [-0.39, 0.29) is 32.7 Å². The molecular formula is C7H13OY-. The molecule has 0 aromatic rings. The van der Waals surface area contributed by atoms with Crippen LogP contribution in [0.1, 0.15) is 26.7 Å². The quantitative estimate of drug-likeness (QED) is 0.589. The number of ether oxygens (including phenoxy) is 1. The van der Waals surface area contributed by atoms with Gasteiger partial charge in [0.15, 0.2) is 0 Å². The van der Waals surface area contributed by atoms with E-state index >= 15 is 0 Å². The molecule has 1 aliphatic rings. The van der Waals surface area contributed by atoms with E-state index in [0.29, 0.717) is 6.10 Å². The number of hydrogen-bond acceptors (Lipinski definition) is 1. The smallest absolute Gasteiger partial charge is 0.0434 e. The molecule has 1 fully saturated rings. The molecule has 0 spiro atoms. The van der Waals surface area contributed by atoms with Crippen molar-refractivity contribution in [2.75, 3.05) is 6.61 Å². The van der Waals surface area contributed by atoms with E-state index in [1.165, 1.54) is 18.8 Å². The molecule has 1 unspecified atom stereocenters. The molecule has 0 aliphatic carbocycles. The Hall–Kier alpha value is 1.06. The molecule has 0 amide bonds. The minimum atomic E-state index is 0. The Balaban J connectivity index is 0.000000640. The van der Waals surface area contributed by atoms with Gasteiger partial charge in [-0.2, -0.15) is 13.8 Å². The molecule has 1 radical (unpaired) electrons. The Bertz CT molecular complexity index is 67.3. The van der Waals surface area contributed by atoms with Gasteiger partial charge in [-0.3, -0.25) is 5.92 Å². The van der Waals surface area contributed by atoms with Crippen molar-refractivity contribution in [3.8, 4) is 0 Å². The third kappa shape index (κ3) is 3.11. The summed E-state index contributed by atoms with van der Waals surface area (Å²) in [4.78, 5) is 0. The second-order valence-corrected chi connectivity index (χ2v) is 2.58. The van der Waals surface area contributed by atoms with Gasteiger partial charge in [0.2, 0.25) is 0 Å². The van der Waals surface area contributed by atoms with E-state index < -0.39 is 0 Å². The van der Waals surface area contributed by atoms with Crippen LogP contribution in [0, 0.1) is 5.92 Å². The van der Waals surface area contributed by atoms with Crippen molar-refractivity contribution >= 4 is 0 Å². The summed E-state index contributed by atoms with van der Waals surface area (Å²) in [5.41, 5.74) is 0. The Morgan fingerprint density at radius 3 is 2.33 bits per heavy atom. The summed E-state index contributed by atoms with van der Waals surface area (Å²) in [6.07, 6.45) is 2.97. The molecule has 1 atom stereocenters. The van der Waals surface area contributed by atoms with Gasteiger partial charge in [0.05, 0.1) is 0 Å². The van der Waals surface area contributed by atoms with Gasteiger partial charge in [0.25, 0.3) is 0 Å². The van der Waals surface area contributed by atoms with E-state index in [0.717, 1.165) is 6.61 Å². The van der Waals surface area contributed by atoms with Crippen LogP contribution in [-0.2, 0) is 37.4 Å². The summed E-state index contributed by atoms with van der Waals surface area (Å²) in [6.45, 7) is 5.24. The van der Waals surface area contributed by atoms with Crippen LogP contribution in [0.5, 0.6) is 0 Å². The van der Waals surface area contributed by atoms with Crippen LogP contribution in [0.4, 0.5) is 0 Å². The fraction of sp³-hybridized carbons (Fsp3) is 0.857. The Labute approximate surface area is 82.4 Å². The molecular weight excluding hydrogens is 189 g/mol. The predicted octanol–water partition coefficient (Wildman–Crippen LogP) is 1.78. The van der Waals surface area contributed by atoms with Gasteiger partial charge in [-0.25, -0.2) is 0 Å². The molecule has 1 aliphatic heterocycles. The van der Waals surface area contributed by atoms with Gasteiger partial charge < -0.3 is 4.74 Å². The minimum Gasteiger partial charge on any atom is -0.410 e. The van der Waals surface area contributed by atoms with Crippen molar-refractivity contribution in [2.24, 2.45) is 0 Å². The molecule has 0 bridgehead atoms. The fourth-order valence-electron chi connectivity index (χ4n) is 1.03. The standard InChI is InChI=1S/C7H13O.Y/c1-6(2)7-4-3-5-8-7;/h7H,3-5H2,1-2H3;/q-1;. The van der Waals surface area contributed by atoms with Crippen LogP contribution in [-0.4, -0.2) is 12.7 Å². The molecule has 0 aromatic carbocycles. The van der Waals surface area contributed by atoms with Crippen molar-refractivity contribution in [1.29, 1.82) is 0 Å². The topological polar surface area (TPSA) is 9.23 Å². The predicted molar refractivity (Wildman–Crippen MR) is 33.6 cm³/mol. The summed E-state index contributed by atoms with van der Waals surface area (Å²) >= 11 is 0. The van der Waals surface area contributed by atoms with Gasteiger partial charge in [-0.1, -0.05) is 12.5 Å². The van der Waals surface area contributed by atoms with Crippen LogP contribution in [0.2, 0.25) is 0 Å². The maximum Gasteiger partial charge on any atom is 0.0434 e. The zero-order valence-electron chi connectivity index (χ0n) is 6.18. The van der Waals surface area contributed by atoms with Crippen LogP contribution in [0.15, 0.2) is 0 Å². The van der Waals surface area contributed by atoms with Gasteiger partial charge >= 0.3 is 0 Å². The normalized spacial score (nSPS) is 26.3. The Morgan fingerprint density at radius 1 is 1.44 bits per heavy atom. The first kappa shape index (κ1) is 10.1. The van der Waals surface area contributed by atoms with Gasteiger partial charge in [0.1, 0.15) is 0 Å². The van der Waals surface area contributed by atoms with Crippen molar-refractivity contribution in [3.05, 3.63) is 5.92 Å². The van der Waals surface area contributed by atoms with Gasteiger partial charge in [0, 0.05) is 39.3 Å². The molecule has 1 nitrogen and oxygen atoms in total. The summed E-state index contributed by atoms with van der Waals surface area (Å²) in [7, 11) is 0. The molecule has 0 saturated carbocycles. The largest absolute Gasteiger partial charge is 0.410 e. The zero-order chi connectivity index (χ0) is 5.98. The second-order valence-electron chi connectivity index (χ2n) is 2.58. The van der Waals surface area contributed by atoms with Gasteiger partial charge in [-0.15, -0.1) is 0 Å². The number of hydrogen-bond donors (Lipinski definition) is 0. The summed E-state index contributed by atoms with van der Waals surface area (Å²) in [5, 5.41) is 0. The van der Waals surface area contributed by atoms with Crippen molar-refractivity contribution < 1.29 is 37.4 Å². The molecule has 51 valence electrons. The van der Waals surface area contributed by atoms with E-state index in [4.69, 9.17) is 4.74 Å². The zero-order valence-corrected chi connectivity index (χ0v) is 9.02. The minimum absolute atomic E-state index is 0. The first-order valence-corrected chi connectivity index (χ1v) is 3.22. The number of rotatable bonds is 1. The summed E-state index contributed by atoms with van der Waals surface area (Å²) < 4.78 is 5.38. The third-order valence-corrected chi connectivity index (χ3v) is 1.57. The SMILES string of the molecule is C[C-](C)C1CCCO1.[Y]. The third-order valence-electron chi connectivity index (χ3n) is 1.57. The molecule has 2 heteroatoms. The van der Waals surface area contributed by atoms with E-state index in [2.05, 4.69) is 13.8 Å². The van der Waals surface area contributed by atoms with E-state index in [1.807, 2.05) is 0 Å². The van der Waals surface area contributed by atoms with Crippen molar-refractivity contribution in [2.45, 2.75) is 32.8 Å². The van der Waals surface area contributed by atoms with E-state index in [1.54, 1.807) is 0 Å². The first-order valence-electron chi connectivity index (χ1n) is 3.22. The van der Waals surface area contributed by atoms with Crippen LogP contribution in [0.25, 0.3) is 0 Å². The maximum absolute atomic E-state index is 5.38. The molecule has 0 aromatic heterocycles. The van der Waals surface area contributed by atoms with E-state index in [9.17, 15) is 0 Å².